The summed E-state index contributed by atoms with van der Waals surface area (Å²) in [7, 11) is 0. The summed E-state index contributed by atoms with van der Waals surface area (Å²) < 4.78 is 18.7. The summed E-state index contributed by atoms with van der Waals surface area (Å²) in [5.74, 6) is -1.78. The first-order chi connectivity index (χ1) is 7.59. The Kier molecular flexibility index (Phi) is 3.25. The maximum Gasteiger partial charge on any atom is 0.309 e. The summed E-state index contributed by atoms with van der Waals surface area (Å²) in [5.41, 5.74) is 0.693. The SMILES string of the molecule is O=C(O)C1CCOC1c1ccc(F)c(Br)c1. The molecule has 1 aromatic carbocycles. The van der Waals surface area contributed by atoms with Crippen molar-refractivity contribution in [3.05, 3.63) is 34.1 Å². The molecule has 1 aliphatic rings. The van der Waals surface area contributed by atoms with Crippen LogP contribution in [0.4, 0.5) is 4.39 Å². The van der Waals surface area contributed by atoms with Gasteiger partial charge in [-0.3, -0.25) is 4.79 Å². The zero-order valence-electron chi connectivity index (χ0n) is 8.32. The average Bonchev–Trinajstić information content (AvgIpc) is 2.71. The third-order valence-corrected chi connectivity index (χ3v) is 3.29. The molecular formula is C11H10BrFO3. The normalized spacial score (nSPS) is 24.6. The molecule has 2 atom stereocenters. The lowest BCUT2D eigenvalue weighted by Crippen LogP contribution is -2.17. The van der Waals surface area contributed by atoms with Crippen molar-refractivity contribution in [1.82, 2.24) is 0 Å². The zero-order valence-corrected chi connectivity index (χ0v) is 9.91. The van der Waals surface area contributed by atoms with Crippen molar-refractivity contribution in [2.75, 3.05) is 6.61 Å². The van der Waals surface area contributed by atoms with E-state index < -0.39 is 18.0 Å². The highest BCUT2D eigenvalue weighted by molar-refractivity contribution is 9.10. The van der Waals surface area contributed by atoms with Gasteiger partial charge < -0.3 is 9.84 Å². The molecule has 3 nitrogen and oxygen atoms in total. The van der Waals surface area contributed by atoms with Gasteiger partial charge in [0, 0.05) is 6.61 Å². The van der Waals surface area contributed by atoms with Gasteiger partial charge in [-0.25, -0.2) is 4.39 Å². The van der Waals surface area contributed by atoms with Crippen LogP contribution in [0, 0.1) is 11.7 Å². The van der Waals surface area contributed by atoms with Gasteiger partial charge >= 0.3 is 5.97 Å². The molecule has 5 heteroatoms. The molecule has 0 amide bonds. The molecule has 1 aromatic rings. The van der Waals surface area contributed by atoms with E-state index in [0.29, 0.717) is 23.1 Å². The maximum atomic E-state index is 13.0. The van der Waals surface area contributed by atoms with Crippen LogP contribution >= 0.6 is 15.9 Å². The highest BCUT2D eigenvalue weighted by atomic mass is 79.9. The zero-order chi connectivity index (χ0) is 11.7. The minimum absolute atomic E-state index is 0.324. The first kappa shape index (κ1) is 11.5. The first-order valence-corrected chi connectivity index (χ1v) is 5.68. The van der Waals surface area contributed by atoms with E-state index in [1.54, 1.807) is 12.1 Å². The van der Waals surface area contributed by atoms with Crippen molar-refractivity contribution in [2.45, 2.75) is 12.5 Å². The third-order valence-electron chi connectivity index (χ3n) is 2.68. The van der Waals surface area contributed by atoms with E-state index in [2.05, 4.69) is 15.9 Å². The summed E-state index contributed by atoms with van der Waals surface area (Å²) in [6, 6.07) is 4.44. The van der Waals surface area contributed by atoms with Gasteiger partial charge in [-0.2, -0.15) is 0 Å². The second-order valence-corrected chi connectivity index (χ2v) is 4.55. The molecule has 1 N–H and O–H groups in total. The summed E-state index contributed by atoms with van der Waals surface area (Å²) in [5, 5.41) is 9.00. The lowest BCUT2D eigenvalue weighted by Gasteiger charge is -2.15. The van der Waals surface area contributed by atoms with Crippen molar-refractivity contribution in [3.63, 3.8) is 0 Å². The van der Waals surface area contributed by atoms with Crippen LogP contribution in [0.3, 0.4) is 0 Å². The summed E-state index contributed by atoms with van der Waals surface area (Å²) in [4.78, 5) is 11.0. The lowest BCUT2D eigenvalue weighted by atomic mass is 9.95. The van der Waals surface area contributed by atoms with E-state index >= 15 is 0 Å². The number of rotatable bonds is 2. The molecule has 1 saturated heterocycles. The molecule has 1 heterocycles. The number of halogens is 2. The third kappa shape index (κ3) is 2.10. The molecule has 1 fully saturated rings. The lowest BCUT2D eigenvalue weighted by molar-refractivity contribution is -0.143. The molecule has 2 unspecified atom stereocenters. The molecule has 0 bridgehead atoms. The van der Waals surface area contributed by atoms with E-state index in [9.17, 15) is 9.18 Å². The largest absolute Gasteiger partial charge is 0.481 e. The molecule has 1 aliphatic heterocycles. The second kappa shape index (κ2) is 4.51. The second-order valence-electron chi connectivity index (χ2n) is 3.70. The molecule has 0 spiro atoms. The minimum Gasteiger partial charge on any atom is -0.481 e. The quantitative estimate of drug-likeness (QED) is 0.910. The molecule has 0 aromatic heterocycles. The predicted molar refractivity (Wildman–Crippen MR) is 58.5 cm³/mol. The van der Waals surface area contributed by atoms with Crippen molar-refractivity contribution >= 4 is 21.9 Å². The van der Waals surface area contributed by atoms with Crippen LogP contribution in [0.2, 0.25) is 0 Å². The summed E-state index contributed by atoms with van der Waals surface area (Å²) in [6.45, 7) is 0.427. The Hall–Kier alpha value is -0.940. The summed E-state index contributed by atoms with van der Waals surface area (Å²) in [6.07, 6.45) is 0.0176. The van der Waals surface area contributed by atoms with Crippen LogP contribution in [0.15, 0.2) is 22.7 Å². The van der Waals surface area contributed by atoms with Gasteiger partial charge in [-0.05, 0) is 40.0 Å². The predicted octanol–water partition coefficient (Wildman–Crippen LogP) is 2.75. The van der Waals surface area contributed by atoms with Crippen LogP contribution in [-0.4, -0.2) is 17.7 Å². The smallest absolute Gasteiger partial charge is 0.309 e. The van der Waals surface area contributed by atoms with E-state index in [4.69, 9.17) is 9.84 Å². The van der Waals surface area contributed by atoms with Crippen molar-refractivity contribution in [1.29, 1.82) is 0 Å². The number of benzene rings is 1. The van der Waals surface area contributed by atoms with E-state index in [1.807, 2.05) is 0 Å². The molecule has 0 radical (unpaired) electrons. The highest BCUT2D eigenvalue weighted by Gasteiger charge is 2.35. The Labute approximate surface area is 100 Å². The Bertz CT molecular complexity index is 422. The van der Waals surface area contributed by atoms with Gasteiger partial charge in [-0.1, -0.05) is 6.07 Å². The number of aliphatic carboxylic acids is 1. The fourth-order valence-electron chi connectivity index (χ4n) is 1.86. The van der Waals surface area contributed by atoms with Gasteiger partial charge in [0.05, 0.1) is 16.5 Å². The topological polar surface area (TPSA) is 46.5 Å². The van der Waals surface area contributed by atoms with E-state index in [-0.39, 0.29) is 5.82 Å². The van der Waals surface area contributed by atoms with Crippen molar-refractivity contribution < 1.29 is 19.0 Å². The molecule has 0 saturated carbocycles. The average molecular weight is 289 g/mol. The molecule has 2 rings (SSSR count). The van der Waals surface area contributed by atoms with E-state index in [0.717, 1.165) is 0 Å². The van der Waals surface area contributed by atoms with Crippen molar-refractivity contribution in [3.8, 4) is 0 Å². The fourth-order valence-corrected chi connectivity index (χ4v) is 2.26. The van der Waals surface area contributed by atoms with Crippen LogP contribution in [0.1, 0.15) is 18.1 Å². The van der Waals surface area contributed by atoms with Crippen LogP contribution in [0.5, 0.6) is 0 Å². The monoisotopic (exact) mass is 288 g/mol. The van der Waals surface area contributed by atoms with Gasteiger partial charge in [0.15, 0.2) is 0 Å². The highest BCUT2D eigenvalue weighted by Crippen LogP contribution is 2.35. The Balaban J connectivity index is 2.29. The Morgan fingerprint density at radius 1 is 1.56 bits per heavy atom. The van der Waals surface area contributed by atoms with E-state index in [1.165, 1.54) is 6.07 Å². The number of carboxylic acid groups (broad SMARTS) is 1. The Morgan fingerprint density at radius 3 is 2.94 bits per heavy atom. The molecular weight excluding hydrogens is 279 g/mol. The number of carbonyl (C=O) groups is 1. The van der Waals surface area contributed by atoms with Gasteiger partial charge in [0.25, 0.3) is 0 Å². The summed E-state index contributed by atoms with van der Waals surface area (Å²) >= 11 is 3.07. The molecule has 86 valence electrons. The van der Waals surface area contributed by atoms with Crippen LogP contribution in [-0.2, 0) is 9.53 Å². The molecule has 16 heavy (non-hydrogen) atoms. The Morgan fingerprint density at radius 2 is 2.31 bits per heavy atom. The van der Waals surface area contributed by atoms with Crippen molar-refractivity contribution in [2.24, 2.45) is 5.92 Å². The minimum atomic E-state index is -0.872. The number of hydrogen-bond acceptors (Lipinski definition) is 2. The van der Waals surface area contributed by atoms with Gasteiger partial charge in [-0.15, -0.1) is 0 Å². The first-order valence-electron chi connectivity index (χ1n) is 4.89. The standard InChI is InChI=1S/C11H10BrFO3/c12-8-5-6(1-2-9(8)13)10-7(11(14)15)3-4-16-10/h1-2,5,7,10H,3-4H2,(H,14,15). The molecule has 0 aliphatic carbocycles. The van der Waals surface area contributed by atoms with Crippen LogP contribution < -0.4 is 0 Å². The fraction of sp³-hybridized carbons (Fsp3) is 0.364. The number of ether oxygens (including phenoxy) is 1. The van der Waals surface area contributed by atoms with Gasteiger partial charge in [0.1, 0.15) is 5.82 Å². The maximum absolute atomic E-state index is 13.0. The van der Waals surface area contributed by atoms with Gasteiger partial charge in [0.2, 0.25) is 0 Å². The number of hydrogen-bond donors (Lipinski definition) is 1. The van der Waals surface area contributed by atoms with Crippen LogP contribution in [0.25, 0.3) is 0 Å². The number of carboxylic acids is 1.